The summed E-state index contributed by atoms with van der Waals surface area (Å²) in [5.74, 6) is 0. The first-order valence-corrected chi connectivity index (χ1v) is 3.97. The van der Waals surface area contributed by atoms with Gasteiger partial charge in [0.15, 0.2) is 6.19 Å². The van der Waals surface area contributed by atoms with Crippen LogP contribution in [0.2, 0.25) is 0 Å². The minimum absolute atomic E-state index is 0.272. The Bertz CT molecular complexity index is 156. The second-order valence-electron chi connectivity index (χ2n) is 3.39. The topological polar surface area (TPSA) is 45.0 Å². The van der Waals surface area contributed by atoms with Crippen molar-refractivity contribution in [3.8, 4) is 6.19 Å². The highest BCUT2D eigenvalue weighted by molar-refractivity contribution is 4.82. The number of ether oxygens (including phenoxy) is 1. The molecule has 1 rings (SSSR count). The molecule has 1 aliphatic rings. The fourth-order valence-corrected chi connectivity index (χ4v) is 1.29. The lowest BCUT2D eigenvalue weighted by Gasteiger charge is -2.32. The van der Waals surface area contributed by atoms with Gasteiger partial charge in [0.05, 0.1) is 0 Å². The van der Waals surface area contributed by atoms with E-state index in [9.17, 15) is 0 Å². The number of nitrogens with one attached hydrogen (secondary N) is 1. The quantitative estimate of drug-likeness (QED) is 0.474. The summed E-state index contributed by atoms with van der Waals surface area (Å²) in [6.07, 6.45) is 4.06. The molecule has 0 unspecified atom stereocenters. The van der Waals surface area contributed by atoms with Crippen LogP contribution in [0.5, 0.6) is 0 Å². The minimum atomic E-state index is 0.272. The van der Waals surface area contributed by atoms with Gasteiger partial charge in [-0.3, -0.25) is 0 Å². The largest absolute Gasteiger partial charge is 0.381 e. The van der Waals surface area contributed by atoms with Crippen molar-refractivity contribution in [3.05, 3.63) is 0 Å². The molecule has 0 aromatic rings. The van der Waals surface area contributed by atoms with Crippen LogP contribution in [0.15, 0.2) is 0 Å². The molecule has 3 nitrogen and oxygen atoms in total. The second kappa shape index (κ2) is 3.59. The Hall–Kier alpha value is -0.750. The molecule has 0 spiro atoms. The molecule has 0 aromatic heterocycles. The Morgan fingerprint density at radius 3 is 2.73 bits per heavy atom. The van der Waals surface area contributed by atoms with E-state index in [0.29, 0.717) is 0 Å². The van der Waals surface area contributed by atoms with Crippen molar-refractivity contribution >= 4 is 0 Å². The molecule has 11 heavy (non-hydrogen) atoms. The maximum absolute atomic E-state index is 8.32. The maximum atomic E-state index is 8.32. The lowest BCUT2D eigenvalue weighted by atomic mass is 9.82. The van der Waals surface area contributed by atoms with Gasteiger partial charge in [0, 0.05) is 19.8 Å². The van der Waals surface area contributed by atoms with Crippen LogP contribution >= 0.6 is 0 Å². The minimum Gasteiger partial charge on any atom is -0.381 e. The van der Waals surface area contributed by atoms with Crippen molar-refractivity contribution in [3.63, 3.8) is 0 Å². The van der Waals surface area contributed by atoms with Crippen molar-refractivity contribution in [2.24, 2.45) is 5.41 Å². The smallest absolute Gasteiger partial charge is 0.176 e. The molecule has 0 amide bonds. The zero-order valence-corrected chi connectivity index (χ0v) is 6.89. The number of hydrogen-bond acceptors (Lipinski definition) is 3. The predicted molar refractivity (Wildman–Crippen MR) is 41.8 cm³/mol. The Morgan fingerprint density at radius 2 is 2.18 bits per heavy atom. The van der Waals surface area contributed by atoms with Gasteiger partial charge in [-0.1, -0.05) is 6.92 Å². The Labute approximate surface area is 67.3 Å². The molecular formula is C8H14N2O. The molecule has 0 radical (unpaired) electrons. The molecular weight excluding hydrogens is 140 g/mol. The molecule has 1 saturated heterocycles. The van der Waals surface area contributed by atoms with Crippen LogP contribution in [0.3, 0.4) is 0 Å². The third-order valence-corrected chi connectivity index (χ3v) is 2.29. The molecule has 0 bridgehead atoms. The standard InChI is InChI=1S/C8H14N2O/c1-8(6-10-7-9)2-4-11-5-3-8/h10H,2-6H2,1H3. The molecule has 0 saturated carbocycles. The predicted octanol–water partition coefficient (Wildman–Crippen LogP) is 0.874. The number of hydrogen-bond donors (Lipinski definition) is 1. The first kappa shape index (κ1) is 8.35. The van der Waals surface area contributed by atoms with E-state index in [2.05, 4.69) is 12.2 Å². The molecule has 1 aliphatic heterocycles. The van der Waals surface area contributed by atoms with Gasteiger partial charge in [0.1, 0.15) is 0 Å². The van der Waals surface area contributed by atoms with E-state index in [1.165, 1.54) is 0 Å². The van der Waals surface area contributed by atoms with Gasteiger partial charge in [-0.25, -0.2) is 0 Å². The van der Waals surface area contributed by atoms with E-state index in [-0.39, 0.29) is 5.41 Å². The van der Waals surface area contributed by atoms with Crippen LogP contribution in [0, 0.1) is 16.9 Å². The highest BCUT2D eigenvalue weighted by atomic mass is 16.5. The van der Waals surface area contributed by atoms with E-state index in [0.717, 1.165) is 32.6 Å². The van der Waals surface area contributed by atoms with E-state index >= 15 is 0 Å². The molecule has 0 aromatic carbocycles. The summed E-state index contributed by atoms with van der Waals surface area (Å²) in [6.45, 7) is 4.65. The number of rotatable bonds is 2. The second-order valence-corrected chi connectivity index (χ2v) is 3.39. The van der Waals surface area contributed by atoms with E-state index in [1.54, 1.807) is 0 Å². The van der Waals surface area contributed by atoms with Crippen molar-refractivity contribution in [1.82, 2.24) is 5.32 Å². The Kier molecular flexibility index (Phi) is 2.72. The summed E-state index contributed by atoms with van der Waals surface area (Å²) in [7, 11) is 0. The summed E-state index contributed by atoms with van der Waals surface area (Å²) in [5, 5.41) is 11.0. The fourth-order valence-electron chi connectivity index (χ4n) is 1.29. The lowest BCUT2D eigenvalue weighted by molar-refractivity contribution is 0.0258. The van der Waals surface area contributed by atoms with Crippen LogP contribution in [-0.2, 0) is 4.74 Å². The number of nitrogens with zero attached hydrogens (tertiary/aromatic N) is 1. The monoisotopic (exact) mass is 154 g/mol. The molecule has 0 aliphatic carbocycles. The van der Waals surface area contributed by atoms with Crippen LogP contribution in [0.25, 0.3) is 0 Å². The molecule has 1 fully saturated rings. The van der Waals surface area contributed by atoms with Gasteiger partial charge in [-0.15, -0.1) is 0 Å². The highest BCUT2D eigenvalue weighted by Gasteiger charge is 2.26. The highest BCUT2D eigenvalue weighted by Crippen LogP contribution is 2.28. The van der Waals surface area contributed by atoms with Crippen molar-refractivity contribution in [1.29, 1.82) is 5.26 Å². The molecule has 1 heterocycles. The van der Waals surface area contributed by atoms with Crippen LogP contribution < -0.4 is 5.32 Å². The summed E-state index contributed by atoms with van der Waals surface area (Å²) < 4.78 is 5.23. The SMILES string of the molecule is CC1(CNC#N)CCOCC1. The van der Waals surface area contributed by atoms with Gasteiger partial charge in [0.2, 0.25) is 0 Å². The van der Waals surface area contributed by atoms with Crippen LogP contribution in [-0.4, -0.2) is 19.8 Å². The van der Waals surface area contributed by atoms with Gasteiger partial charge < -0.3 is 10.1 Å². The van der Waals surface area contributed by atoms with E-state index in [1.807, 2.05) is 6.19 Å². The Balaban J connectivity index is 2.32. The first-order valence-electron chi connectivity index (χ1n) is 3.97. The van der Waals surface area contributed by atoms with E-state index in [4.69, 9.17) is 10.00 Å². The third-order valence-electron chi connectivity index (χ3n) is 2.29. The van der Waals surface area contributed by atoms with Gasteiger partial charge in [-0.05, 0) is 18.3 Å². The fraction of sp³-hybridized carbons (Fsp3) is 0.875. The average molecular weight is 154 g/mol. The molecule has 1 N–H and O–H groups in total. The van der Waals surface area contributed by atoms with Crippen molar-refractivity contribution < 1.29 is 4.74 Å². The molecule has 3 heteroatoms. The summed E-state index contributed by atoms with van der Waals surface area (Å²) in [4.78, 5) is 0. The average Bonchev–Trinajstić information content (AvgIpc) is 2.03. The summed E-state index contributed by atoms with van der Waals surface area (Å²) in [5.41, 5.74) is 0.272. The number of nitriles is 1. The summed E-state index contributed by atoms with van der Waals surface area (Å²) in [6, 6.07) is 0. The Morgan fingerprint density at radius 1 is 1.55 bits per heavy atom. The van der Waals surface area contributed by atoms with Crippen molar-refractivity contribution in [2.75, 3.05) is 19.8 Å². The summed E-state index contributed by atoms with van der Waals surface area (Å²) >= 11 is 0. The zero-order valence-electron chi connectivity index (χ0n) is 6.89. The normalized spacial score (nSPS) is 22.2. The molecule has 0 atom stereocenters. The van der Waals surface area contributed by atoms with Crippen LogP contribution in [0.1, 0.15) is 19.8 Å². The molecule has 62 valence electrons. The van der Waals surface area contributed by atoms with Crippen molar-refractivity contribution in [2.45, 2.75) is 19.8 Å². The van der Waals surface area contributed by atoms with Gasteiger partial charge >= 0.3 is 0 Å². The van der Waals surface area contributed by atoms with E-state index < -0.39 is 0 Å². The lowest BCUT2D eigenvalue weighted by Crippen LogP contribution is -2.35. The maximum Gasteiger partial charge on any atom is 0.176 e. The zero-order chi connectivity index (χ0) is 8.16. The van der Waals surface area contributed by atoms with Gasteiger partial charge in [-0.2, -0.15) is 5.26 Å². The van der Waals surface area contributed by atoms with Gasteiger partial charge in [0.25, 0.3) is 0 Å². The third kappa shape index (κ3) is 2.39. The van der Waals surface area contributed by atoms with Crippen LogP contribution in [0.4, 0.5) is 0 Å². The first-order chi connectivity index (χ1) is 5.27.